The lowest BCUT2D eigenvalue weighted by molar-refractivity contribution is 0.0987. The first-order chi connectivity index (χ1) is 11.1. The Morgan fingerprint density at radius 3 is 2.09 bits per heavy atom. The summed E-state index contributed by atoms with van der Waals surface area (Å²) in [5, 5.41) is 0. The van der Waals surface area contributed by atoms with Crippen molar-refractivity contribution < 1.29 is 9.59 Å². The van der Waals surface area contributed by atoms with E-state index in [1.54, 1.807) is 31.2 Å². The van der Waals surface area contributed by atoms with Gasteiger partial charge in [-0.3, -0.25) is 9.59 Å². The molecule has 0 fully saturated rings. The largest absolute Gasteiger partial charge is 0.345 e. The molecule has 0 amide bonds. The van der Waals surface area contributed by atoms with Gasteiger partial charge in [0.05, 0.1) is 6.42 Å². The normalized spacial score (nSPS) is 10.5. The van der Waals surface area contributed by atoms with E-state index in [0.717, 1.165) is 0 Å². The molecule has 1 N–H and O–H groups in total. The molecule has 0 aliphatic rings. The van der Waals surface area contributed by atoms with E-state index in [4.69, 9.17) is 0 Å². The van der Waals surface area contributed by atoms with Gasteiger partial charge in [-0.15, -0.1) is 0 Å². The number of nitrogens with one attached hydrogen (secondary N) is 1. The lowest BCUT2D eigenvalue weighted by Gasteiger charge is -1.98. The van der Waals surface area contributed by atoms with E-state index in [9.17, 15) is 9.59 Å². The Kier molecular flexibility index (Phi) is 4.15. The van der Waals surface area contributed by atoms with E-state index >= 15 is 0 Å². The van der Waals surface area contributed by atoms with E-state index < -0.39 is 0 Å². The van der Waals surface area contributed by atoms with Crippen LogP contribution in [0.3, 0.4) is 0 Å². The summed E-state index contributed by atoms with van der Waals surface area (Å²) in [4.78, 5) is 32.1. The van der Waals surface area contributed by atoms with E-state index in [1.807, 2.05) is 36.4 Å². The maximum Gasteiger partial charge on any atom is 0.213 e. The molecule has 0 unspecified atom stereocenters. The quantitative estimate of drug-likeness (QED) is 0.735. The van der Waals surface area contributed by atoms with Gasteiger partial charge in [-0.25, -0.2) is 4.98 Å². The molecular weight excluding hydrogens is 288 g/mol. The van der Waals surface area contributed by atoms with Gasteiger partial charge in [0.2, 0.25) is 5.78 Å². The number of carbonyl (C=O) groups excluding carboxylic acids is 2. The molecule has 4 nitrogen and oxygen atoms in total. The Hall–Kier alpha value is -3.01. The minimum atomic E-state index is -0.141. The summed E-state index contributed by atoms with van der Waals surface area (Å²) in [7, 11) is 0. The van der Waals surface area contributed by atoms with E-state index in [0.29, 0.717) is 28.3 Å². The van der Waals surface area contributed by atoms with Crippen molar-refractivity contribution in [3.05, 3.63) is 89.0 Å². The van der Waals surface area contributed by atoms with Gasteiger partial charge < -0.3 is 4.98 Å². The second-order valence-electron chi connectivity index (χ2n) is 5.32. The molecule has 3 aromatic rings. The third-order valence-electron chi connectivity index (χ3n) is 3.61. The van der Waals surface area contributed by atoms with Crippen molar-refractivity contribution in [2.75, 3.05) is 0 Å². The summed E-state index contributed by atoms with van der Waals surface area (Å²) < 4.78 is 0. The molecule has 0 radical (unpaired) electrons. The zero-order valence-electron chi connectivity index (χ0n) is 12.7. The van der Waals surface area contributed by atoms with Crippen LogP contribution in [0.1, 0.15) is 37.9 Å². The van der Waals surface area contributed by atoms with Gasteiger partial charge in [-0.05, 0) is 6.92 Å². The molecule has 0 aliphatic heterocycles. The summed E-state index contributed by atoms with van der Waals surface area (Å²) >= 11 is 0. The summed E-state index contributed by atoms with van der Waals surface area (Å²) in [6.07, 6.45) is 0.146. The van der Waals surface area contributed by atoms with Gasteiger partial charge in [-0.1, -0.05) is 60.7 Å². The lowest BCUT2D eigenvalue weighted by Crippen LogP contribution is -2.06. The summed E-state index contributed by atoms with van der Waals surface area (Å²) in [5.74, 6) is 0.339. The smallest absolute Gasteiger partial charge is 0.213 e. The van der Waals surface area contributed by atoms with Crippen molar-refractivity contribution >= 4 is 11.6 Å². The van der Waals surface area contributed by atoms with Gasteiger partial charge >= 0.3 is 0 Å². The van der Waals surface area contributed by atoms with Crippen molar-refractivity contribution in [1.29, 1.82) is 0 Å². The van der Waals surface area contributed by atoms with Crippen LogP contribution in [0.15, 0.2) is 60.7 Å². The fourth-order valence-corrected chi connectivity index (χ4v) is 2.43. The summed E-state index contributed by atoms with van der Waals surface area (Å²) in [6, 6.07) is 18.1. The van der Waals surface area contributed by atoms with Crippen LogP contribution in [0.5, 0.6) is 0 Å². The molecule has 0 bridgehead atoms. The number of aromatic amines is 1. The highest BCUT2D eigenvalue weighted by atomic mass is 16.1. The number of benzene rings is 2. The van der Waals surface area contributed by atoms with Gasteiger partial charge in [0.1, 0.15) is 11.5 Å². The van der Waals surface area contributed by atoms with Crippen LogP contribution in [-0.2, 0) is 6.42 Å². The molecule has 23 heavy (non-hydrogen) atoms. The second kappa shape index (κ2) is 6.40. The fourth-order valence-electron chi connectivity index (χ4n) is 2.43. The number of hydrogen-bond donors (Lipinski definition) is 1. The Labute approximate surface area is 134 Å². The standard InChI is InChI=1S/C19H16N2O2/c1-13-18(19(23)15-10-6-3-7-11-15)21-17(20-13)12-16(22)14-8-4-2-5-9-14/h2-11H,12H2,1H3,(H,20,21). The highest BCUT2D eigenvalue weighted by Crippen LogP contribution is 2.13. The van der Waals surface area contributed by atoms with Gasteiger partial charge in [-0.2, -0.15) is 0 Å². The molecule has 0 spiro atoms. The third-order valence-corrected chi connectivity index (χ3v) is 3.61. The lowest BCUT2D eigenvalue weighted by atomic mass is 10.1. The summed E-state index contributed by atoms with van der Waals surface area (Å²) in [6.45, 7) is 1.79. The summed E-state index contributed by atoms with van der Waals surface area (Å²) in [5.41, 5.74) is 2.27. The molecule has 0 saturated carbocycles. The number of imidazole rings is 1. The SMILES string of the molecule is Cc1[nH]c(CC(=O)c2ccccc2)nc1C(=O)c1ccccc1. The maximum atomic E-state index is 12.5. The molecule has 4 heteroatoms. The molecule has 1 aromatic heterocycles. The van der Waals surface area contributed by atoms with Crippen molar-refractivity contribution in [2.24, 2.45) is 0 Å². The van der Waals surface area contributed by atoms with Gasteiger partial charge in [0.25, 0.3) is 0 Å². The monoisotopic (exact) mass is 304 g/mol. The number of aromatic nitrogens is 2. The zero-order chi connectivity index (χ0) is 16.2. The molecule has 114 valence electrons. The van der Waals surface area contributed by atoms with Crippen LogP contribution >= 0.6 is 0 Å². The Bertz CT molecular complexity index is 836. The van der Waals surface area contributed by atoms with Crippen LogP contribution < -0.4 is 0 Å². The van der Waals surface area contributed by atoms with Crippen LogP contribution in [-0.4, -0.2) is 21.5 Å². The maximum absolute atomic E-state index is 12.5. The molecule has 0 atom stereocenters. The predicted molar refractivity (Wildman–Crippen MR) is 87.7 cm³/mol. The third kappa shape index (κ3) is 3.26. The predicted octanol–water partition coefficient (Wildman–Crippen LogP) is 3.37. The van der Waals surface area contributed by atoms with E-state index in [2.05, 4.69) is 9.97 Å². The van der Waals surface area contributed by atoms with Crippen molar-refractivity contribution in [3.8, 4) is 0 Å². The Morgan fingerprint density at radius 1 is 0.913 bits per heavy atom. The number of carbonyl (C=O) groups is 2. The van der Waals surface area contributed by atoms with Crippen molar-refractivity contribution in [2.45, 2.75) is 13.3 Å². The van der Waals surface area contributed by atoms with E-state index in [1.165, 1.54) is 0 Å². The number of rotatable bonds is 5. The molecule has 0 saturated heterocycles. The highest BCUT2D eigenvalue weighted by Gasteiger charge is 2.18. The Balaban J connectivity index is 1.82. The number of ketones is 2. The minimum Gasteiger partial charge on any atom is -0.345 e. The van der Waals surface area contributed by atoms with Crippen LogP contribution in [0, 0.1) is 6.92 Å². The molecule has 1 heterocycles. The number of Topliss-reactive ketones (excluding diaryl/α,β-unsaturated/α-hetero) is 1. The topological polar surface area (TPSA) is 62.8 Å². The first-order valence-electron chi connectivity index (χ1n) is 7.38. The first kappa shape index (κ1) is 14.9. The number of hydrogen-bond acceptors (Lipinski definition) is 3. The number of H-pyrrole nitrogens is 1. The average Bonchev–Trinajstić information content (AvgIpc) is 2.96. The number of nitrogens with zero attached hydrogens (tertiary/aromatic N) is 1. The number of aryl methyl sites for hydroxylation is 1. The molecule has 0 aliphatic carbocycles. The fraction of sp³-hybridized carbons (Fsp3) is 0.105. The minimum absolute atomic E-state index is 0.0296. The van der Waals surface area contributed by atoms with E-state index in [-0.39, 0.29) is 18.0 Å². The second-order valence-corrected chi connectivity index (χ2v) is 5.32. The van der Waals surface area contributed by atoms with Crippen LogP contribution in [0.4, 0.5) is 0 Å². The van der Waals surface area contributed by atoms with Gasteiger partial charge in [0, 0.05) is 16.8 Å². The first-order valence-corrected chi connectivity index (χ1v) is 7.38. The molecule has 3 rings (SSSR count). The Morgan fingerprint density at radius 2 is 1.48 bits per heavy atom. The van der Waals surface area contributed by atoms with Crippen LogP contribution in [0.2, 0.25) is 0 Å². The highest BCUT2D eigenvalue weighted by molar-refractivity contribution is 6.08. The molecular formula is C19H16N2O2. The molecule has 2 aromatic carbocycles. The van der Waals surface area contributed by atoms with Crippen molar-refractivity contribution in [1.82, 2.24) is 9.97 Å². The average molecular weight is 304 g/mol. The zero-order valence-corrected chi connectivity index (χ0v) is 12.7. The van der Waals surface area contributed by atoms with Gasteiger partial charge in [0.15, 0.2) is 5.78 Å². The van der Waals surface area contributed by atoms with Crippen LogP contribution in [0.25, 0.3) is 0 Å². The van der Waals surface area contributed by atoms with Crippen molar-refractivity contribution in [3.63, 3.8) is 0 Å².